The van der Waals surface area contributed by atoms with Crippen molar-refractivity contribution >= 4 is 12.1 Å². The molecule has 0 radical (unpaired) electrons. The predicted molar refractivity (Wildman–Crippen MR) is 111 cm³/mol. The van der Waals surface area contributed by atoms with Crippen LogP contribution in [0.3, 0.4) is 0 Å². The summed E-state index contributed by atoms with van der Waals surface area (Å²) in [5.41, 5.74) is 1.98. The summed E-state index contributed by atoms with van der Waals surface area (Å²) in [5.74, 6) is 0. The van der Waals surface area contributed by atoms with E-state index in [4.69, 9.17) is 0 Å². The summed E-state index contributed by atoms with van der Waals surface area (Å²) < 4.78 is 1.65. The van der Waals surface area contributed by atoms with Gasteiger partial charge in [0.2, 0.25) is 0 Å². The van der Waals surface area contributed by atoms with Crippen LogP contribution in [0, 0.1) is 0 Å². The molecule has 2 aromatic rings. The average molecular weight is 397 g/mol. The third kappa shape index (κ3) is 5.37. The van der Waals surface area contributed by atoms with Crippen LogP contribution in [0.2, 0.25) is 0 Å². The van der Waals surface area contributed by atoms with Crippen LogP contribution in [0.5, 0.6) is 0 Å². The van der Waals surface area contributed by atoms with Crippen LogP contribution in [-0.4, -0.2) is 71.6 Å². The van der Waals surface area contributed by atoms with Crippen molar-refractivity contribution in [1.29, 1.82) is 0 Å². The Morgan fingerprint density at radius 3 is 2.17 bits per heavy atom. The molecule has 0 unspecified atom stereocenters. The lowest BCUT2D eigenvalue weighted by molar-refractivity contribution is 0.128. The highest BCUT2D eigenvalue weighted by Crippen LogP contribution is 2.07. The van der Waals surface area contributed by atoms with E-state index in [0.717, 1.165) is 11.1 Å². The average Bonchev–Trinajstić information content (AvgIpc) is 2.74. The molecule has 0 atom stereocenters. The van der Waals surface area contributed by atoms with Gasteiger partial charge in [-0.1, -0.05) is 30.3 Å². The van der Waals surface area contributed by atoms with Gasteiger partial charge in [-0.25, -0.2) is 9.59 Å². The van der Waals surface area contributed by atoms with Gasteiger partial charge in [0.25, 0.3) is 5.56 Å². The Hall–Kier alpha value is -3.29. The first-order valence-electron chi connectivity index (χ1n) is 9.66. The van der Waals surface area contributed by atoms with E-state index in [1.807, 2.05) is 30.3 Å². The third-order valence-corrected chi connectivity index (χ3v) is 4.94. The van der Waals surface area contributed by atoms with Crippen LogP contribution < -0.4 is 10.9 Å². The van der Waals surface area contributed by atoms with Crippen molar-refractivity contribution < 1.29 is 9.59 Å². The highest BCUT2D eigenvalue weighted by atomic mass is 16.2. The van der Waals surface area contributed by atoms with Gasteiger partial charge in [0.15, 0.2) is 0 Å². The fourth-order valence-electron chi connectivity index (χ4n) is 3.22. The number of nitrogens with one attached hydrogen (secondary N) is 1. The highest BCUT2D eigenvalue weighted by molar-refractivity contribution is 5.76. The highest BCUT2D eigenvalue weighted by Gasteiger charge is 2.24. The second-order valence-corrected chi connectivity index (χ2v) is 7.29. The number of carbonyl (C=O) groups is 2. The first-order valence-corrected chi connectivity index (χ1v) is 9.66. The molecule has 154 valence electrons. The van der Waals surface area contributed by atoms with Crippen LogP contribution in [0.15, 0.2) is 53.5 Å². The molecule has 0 aliphatic carbocycles. The van der Waals surface area contributed by atoms with E-state index in [9.17, 15) is 14.4 Å². The molecule has 3 rings (SSSR count). The molecule has 1 fully saturated rings. The number of pyridine rings is 1. The summed E-state index contributed by atoms with van der Waals surface area (Å²) in [4.78, 5) is 41.2. The summed E-state index contributed by atoms with van der Waals surface area (Å²) >= 11 is 0. The van der Waals surface area contributed by atoms with Crippen molar-refractivity contribution in [2.24, 2.45) is 0 Å². The molecule has 29 heavy (non-hydrogen) atoms. The van der Waals surface area contributed by atoms with Crippen LogP contribution in [-0.2, 0) is 13.1 Å². The van der Waals surface area contributed by atoms with Crippen LogP contribution in [0.25, 0.3) is 0 Å². The van der Waals surface area contributed by atoms with E-state index in [1.54, 1.807) is 51.7 Å². The second kappa shape index (κ2) is 9.27. The number of urea groups is 2. The SMILES string of the molecule is CN(C)C(=O)N1CCN(C(=O)NCc2ccc(Cn3ccccc3=O)cc2)CC1. The number of nitrogens with zero attached hydrogens (tertiary/aromatic N) is 4. The van der Waals surface area contributed by atoms with E-state index in [2.05, 4.69) is 5.32 Å². The molecule has 0 spiro atoms. The van der Waals surface area contributed by atoms with Crippen molar-refractivity contribution in [3.63, 3.8) is 0 Å². The minimum Gasteiger partial charge on any atom is -0.334 e. The number of amides is 4. The monoisotopic (exact) mass is 397 g/mol. The van der Waals surface area contributed by atoms with Crippen LogP contribution in [0.4, 0.5) is 9.59 Å². The van der Waals surface area contributed by atoms with Crippen molar-refractivity contribution in [1.82, 2.24) is 24.6 Å². The number of rotatable bonds is 4. The summed E-state index contributed by atoms with van der Waals surface area (Å²) in [6, 6.07) is 12.8. The van der Waals surface area contributed by atoms with E-state index in [1.165, 1.54) is 0 Å². The third-order valence-electron chi connectivity index (χ3n) is 4.94. The van der Waals surface area contributed by atoms with Gasteiger partial charge in [0.1, 0.15) is 0 Å². The normalized spacial score (nSPS) is 13.9. The Balaban J connectivity index is 1.47. The molecule has 1 aliphatic rings. The Kier molecular flexibility index (Phi) is 6.54. The Morgan fingerprint density at radius 2 is 1.55 bits per heavy atom. The van der Waals surface area contributed by atoms with Gasteiger partial charge in [-0.2, -0.15) is 0 Å². The fraction of sp³-hybridized carbons (Fsp3) is 0.381. The standard InChI is InChI=1S/C21H27N5O3/c1-23(2)21(29)25-13-11-24(12-14-25)20(28)22-15-17-6-8-18(9-7-17)16-26-10-4-3-5-19(26)27/h3-10H,11-16H2,1-2H3,(H,22,28). The largest absolute Gasteiger partial charge is 0.334 e. The van der Waals surface area contributed by atoms with E-state index in [-0.39, 0.29) is 17.6 Å². The number of hydrogen-bond acceptors (Lipinski definition) is 3. The van der Waals surface area contributed by atoms with Crippen molar-refractivity contribution in [2.45, 2.75) is 13.1 Å². The predicted octanol–water partition coefficient (Wildman–Crippen LogP) is 1.41. The molecule has 0 saturated carbocycles. The lowest BCUT2D eigenvalue weighted by atomic mass is 10.1. The zero-order chi connectivity index (χ0) is 20.8. The van der Waals surface area contributed by atoms with Gasteiger partial charge in [-0.3, -0.25) is 4.79 Å². The number of hydrogen-bond donors (Lipinski definition) is 1. The molecule has 1 aromatic carbocycles. The Morgan fingerprint density at radius 1 is 0.931 bits per heavy atom. The second-order valence-electron chi connectivity index (χ2n) is 7.29. The molecular formula is C21H27N5O3. The maximum absolute atomic E-state index is 12.4. The van der Waals surface area contributed by atoms with Gasteiger partial charge in [-0.15, -0.1) is 0 Å². The van der Waals surface area contributed by atoms with Crippen molar-refractivity contribution in [3.8, 4) is 0 Å². The first-order chi connectivity index (χ1) is 13.9. The Labute approximate surface area is 170 Å². The van der Waals surface area contributed by atoms with Crippen LogP contribution in [0.1, 0.15) is 11.1 Å². The minimum atomic E-state index is -0.123. The van der Waals surface area contributed by atoms with Crippen molar-refractivity contribution in [3.05, 3.63) is 70.1 Å². The molecule has 1 aliphatic heterocycles. The summed E-state index contributed by atoms with van der Waals surface area (Å²) in [5, 5.41) is 2.93. The number of aromatic nitrogens is 1. The zero-order valence-electron chi connectivity index (χ0n) is 16.9. The zero-order valence-corrected chi connectivity index (χ0v) is 16.9. The fourth-order valence-corrected chi connectivity index (χ4v) is 3.22. The van der Waals surface area contributed by atoms with Crippen molar-refractivity contribution in [2.75, 3.05) is 40.3 Å². The lowest BCUT2D eigenvalue weighted by Gasteiger charge is -2.35. The van der Waals surface area contributed by atoms with Gasteiger partial charge in [-0.05, 0) is 17.2 Å². The van der Waals surface area contributed by atoms with E-state index < -0.39 is 0 Å². The topological polar surface area (TPSA) is 77.9 Å². The summed E-state index contributed by atoms with van der Waals surface area (Å²) in [7, 11) is 3.45. The molecular weight excluding hydrogens is 370 g/mol. The quantitative estimate of drug-likeness (QED) is 0.847. The molecule has 1 N–H and O–H groups in total. The maximum Gasteiger partial charge on any atom is 0.319 e. The van der Waals surface area contributed by atoms with Gasteiger partial charge < -0.3 is 24.6 Å². The van der Waals surface area contributed by atoms with Gasteiger partial charge in [0.05, 0.1) is 6.54 Å². The minimum absolute atomic E-state index is 0.0251. The summed E-state index contributed by atoms with van der Waals surface area (Å²) in [6.45, 7) is 3.08. The first kappa shape index (κ1) is 20.4. The smallest absolute Gasteiger partial charge is 0.319 e. The van der Waals surface area contributed by atoms with E-state index in [0.29, 0.717) is 39.3 Å². The molecule has 1 aromatic heterocycles. The van der Waals surface area contributed by atoms with Crippen LogP contribution >= 0.6 is 0 Å². The van der Waals surface area contributed by atoms with E-state index >= 15 is 0 Å². The molecule has 2 heterocycles. The Bertz CT molecular complexity index is 899. The molecule has 1 saturated heterocycles. The molecule has 4 amide bonds. The maximum atomic E-state index is 12.4. The lowest BCUT2D eigenvalue weighted by Crippen LogP contribution is -2.54. The number of benzene rings is 1. The summed E-state index contributed by atoms with van der Waals surface area (Å²) in [6.07, 6.45) is 1.77. The number of carbonyl (C=O) groups excluding carboxylic acids is 2. The molecule has 0 bridgehead atoms. The van der Waals surface area contributed by atoms with Gasteiger partial charge in [0, 0.05) is 59.1 Å². The number of piperazine rings is 1. The van der Waals surface area contributed by atoms with Gasteiger partial charge >= 0.3 is 12.1 Å². The molecule has 8 nitrogen and oxygen atoms in total. The molecule has 8 heteroatoms.